The molecule has 0 aliphatic heterocycles. The van der Waals surface area contributed by atoms with Crippen LogP contribution in [0.15, 0.2) is 24.5 Å². The molecule has 2 heterocycles. The van der Waals surface area contributed by atoms with Crippen LogP contribution in [-0.2, 0) is 5.88 Å². The molecule has 4 nitrogen and oxygen atoms in total. The Hall–Kier alpha value is -1.75. The van der Waals surface area contributed by atoms with E-state index >= 15 is 0 Å². The molecule has 0 aliphatic rings. The first-order valence-corrected chi connectivity index (χ1v) is 5.17. The average molecular weight is 237 g/mol. The number of halogens is 2. The topological polar surface area (TPSA) is 43.1 Å². The summed E-state index contributed by atoms with van der Waals surface area (Å²) in [6.45, 7) is 0. The molecule has 0 aliphatic carbocycles. The van der Waals surface area contributed by atoms with Gasteiger partial charge in [0.15, 0.2) is 5.65 Å². The molecule has 0 atom stereocenters. The third-order valence-corrected chi connectivity index (χ3v) is 2.63. The van der Waals surface area contributed by atoms with Crippen molar-refractivity contribution in [3.63, 3.8) is 0 Å². The largest absolute Gasteiger partial charge is 0.268 e. The van der Waals surface area contributed by atoms with Crippen molar-refractivity contribution in [1.82, 2.24) is 19.6 Å². The van der Waals surface area contributed by atoms with Gasteiger partial charge in [-0.3, -0.25) is 4.40 Å². The second-order valence-electron chi connectivity index (χ2n) is 3.35. The smallest absolute Gasteiger partial charge is 0.171 e. The van der Waals surface area contributed by atoms with Gasteiger partial charge in [0.2, 0.25) is 0 Å². The Labute approximate surface area is 94.7 Å². The lowest BCUT2D eigenvalue weighted by Crippen LogP contribution is -1.99. The maximum absolute atomic E-state index is 13.1. The van der Waals surface area contributed by atoms with Gasteiger partial charge in [0, 0.05) is 5.39 Å². The first kappa shape index (κ1) is 9.47. The van der Waals surface area contributed by atoms with Gasteiger partial charge in [0.25, 0.3) is 0 Å². The van der Waals surface area contributed by atoms with Gasteiger partial charge < -0.3 is 0 Å². The van der Waals surface area contributed by atoms with Crippen LogP contribution in [0.25, 0.3) is 16.6 Å². The molecular weight excluding hydrogens is 231 g/mol. The van der Waals surface area contributed by atoms with E-state index < -0.39 is 0 Å². The zero-order valence-corrected chi connectivity index (χ0v) is 8.82. The lowest BCUT2D eigenvalue weighted by atomic mass is 10.2. The van der Waals surface area contributed by atoms with Gasteiger partial charge in [0.1, 0.15) is 18.0 Å². The van der Waals surface area contributed by atoms with Crippen molar-refractivity contribution in [2.45, 2.75) is 5.88 Å². The fourth-order valence-corrected chi connectivity index (χ4v) is 1.87. The van der Waals surface area contributed by atoms with E-state index in [0.29, 0.717) is 22.4 Å². The van der Waals surface area contributed by atoms with E-state index in [1.165, 1.54) is 18.5 Å². The number of hydrogen-bond acceptors (Lipinski definition) is 3. The molecule has 0 saturated carbocycles. The zero-order chi connectivity index (χ0) is 11.1. The van der Waals surface area contributed by atoms with Gasteiger partial charge in [-0.05, 0) is 18.2 Å². The first-order valence-electron chi connectivity index (χ1n) is 4.63. The minimum absolute atomic E-state index is 0.252. The second kappa shape index (κ2) is 3.38. The zero-order valence-electron chi connectivity index (χ0n) is 8.06. The van der Waals surface area contributed by atoms with E-state index in [1.54, 1.807) is 10.5 Å². The SMILES string of the molecule is Fc1ccc2nc(CCl)n3cnnc3c2c1. The molecule has 0 saturated heterocycles. The van der Waals surface area contributed by atoms with Gasteiger partial charge in [-0.2, -0.15) is 0 Å². The Balaban J connectivity index is 2.54. The molecule has 0 unspecified atom stereocenters. The van der Waals surface area contributed by atoms with Crippen molar-refractivity contribution in [2.24, 2.45) is 0 Å². The maximum Gasteiger partial charge on any atom is 0.171 e. The number of hydrogen-bond donors (Lipinski definition) is 0. The molecule has 1 aromatic carbocycles. The summed E-state index contributed by atoms with van der Waals surface area (Å²) in [5.74, 6) is 0.570. The number of nitrogens with zero attached hydrogens (tertiary/aromatic N) is 4. The van der Waals surface area contributed by atoms with Crippen LogP contribution in [0.1, 0.15) is 5.82 Å². The Kier molecular flexibility index (Phi) is 2.00. The molecule has 80 valence electrons. The molecule has 0 N–H and O–H groups in total. The van der Waals surface area contributed by atoms with Gasteiger partial charge in [-0.25, -0.2) is 9.37 Å². The van der Waals surface area contributed by atoms with Crippen LogP contribution in [0.2, 0.25) is 0 Å². The lowest BCUT2D eigenvalue weighted by molar-refractivity contribution is 0.629. The van der Waals surface area contributed by atoms with Crippen molar-refractivity contribution in [3.8, 4) is 0 Å². The Morgan fingerprint density at radius 2 is 2.25 bits per heavy atom. The molecule has 3 rings (SSSR count). The second-order valence-corrected chi connectivity index (χ2v) is 3.61. The molecule has 6 heteroatoms. The van der Waals surface area contributed by atoms with Crippen molar-refractivity contribution < 1.29 is 4.39 Å². The van der Waals surface area contributed by atoms with Crippen LogP contribution >= 0.6 is 11.6 Å². The molecule has 0 spiro atoms. The third-order valence-electron chi connectivity index (χ3n) is 2.39. The predicted octanol–water partition coefficient (Wildman–Crippen LogP) is 2.16. The highest BCUT2D eigenvalue weighted by Gasteiger charge is 2.09. The van der Waals surface area contributed by atoms with E-state index in [9.17, 15) is 4.39 Å². The Morgan fingerprint density at radius 3 is 3.06 bits per heavy atom. The molecule has 0 amide bonds. The van der Waals surface area contributed by atoms with Crippen LogP contribution in [-0.4, -0.2) is 19.6 Å². The van der Waals surface area contributed by atoms with Gasteiger partial charge in [-0.15, -0.1) is 21.8 Å². The minimum atomic E-state index is -0.321. The van der Waals surface area contributed by atoms with E-state index in [2.05, 4.69) is 15.2 Å². The number of alkyl halides is 1. The average Bonchev–Trinajstić information content (AvgIpc) is 2.77. The van der Waals surface area contributed by atoms with E-state index in [4.69, 9.17) is 11.6 Å². The van der Waals surface area contributed by atoms with Crippen molar-refractivity contribution in [3.05, 3.63) is 36.2 Å². The summed E-state index contributed by atoms with van der Waals surface area (Å²) in [6.07, 6.45) is 1.52. The summed E-state index contributed by atoms with van der Waals surface area (Å²) in [7, 11) is 0. The fraction of sp³-hybridized carbons (Fsp3) is 0.100. The molecule has 0 bridgehead atoms. The van der Waals surface area contributed by atoms with E-state index in [0.717, 1.165) is 0 Å². The van der Waals surface area contributed by atoms with Crippen LogP contribution in [0.5, 0.6) is 0 Å². The normalized spacial score (nSPS) is 11.4. The van der Waals surface area contributed by atoms with Crippen molar-refractivity contribution in [2.75, 3.05) is 0 Å². The van der Waals surface area contributed by atoms with Gasteiger partial charge in [0.05, 0.1) is 11.4 Å². The van der Waals surface area contributed by atoms with Gasteiger partial charge in [-0.1, -0.05) is 0 Å². The summed E-state index contributed by atoms with van der Waals surface area (Å²) in [5.41, 5.74) is 1.23. The summed E-state index contributed by atoms with van der Waals surface area (Å²) >= 11 is 5.78. The number of benzene rings is 1. The lowest BCUT2D eigenvalue weighted by Gasteiger charge is -2.03. The summed E-state index contributed by atoms with van der Waals surface area (Å²) < 4.78 is 14.8. The molecule has 3 aromatic rings. The molecule has 0 radical (unpaired) electrons. The molecule has 0 fully saturated rings. The number of aromatic nitrogens is 4. The third kappa shape index (κ3) is 1.25. The molecular formula is C10H6ClFN4. The monoisotopic (exact) mass is 236 g/mol. The fourth-order valence-electron chi connectivity index (χ4n) is 1.68. The van der Waals surface area contributed by atoms with Crippen LogP contribution in [0, 0.1) is 5.82 Å². The van der Waals surface area contributed by atoms with Crippen LogP contribution in [0.4, 0.5) is 4.39 Å². The van der Waals surface area contributed by atoms with E-state index in [-0.39, 0.29) is 11.7 Å². The highest BCUT2D eigenvalue weighted by atomic mass is 35.5. The van der Waals surface area contributed by atoms with Gasteiger partial charge >= 0.3 is 0 Å². The summed E-state index contributed by atoms with van der Waals surface area (Å²) in [5, 5.41) is 8.36. The molecule has 2 aromatic heterocycles. The van der Waals surface area contributed by atoms with Crippen molar-refractivity contribution in [1.29, 1.82) is 0 Å². The van der Waals surface area contributed by atoms with Crippen molar-refractivity contribution >= 4 is 28.2 Å². The quantitative estimate of drug-likeness (QED) is 0.608. The number of fused-ring (bicyclic) bond motifs is 3. The highest BCUT2D eigenvalue weighted by molar-refractivity contribution is 6.16. The standard InChI is InChI=1S/C10H6ClFN4/c11-4-9-14-8-2-1-6(12)3-7(8)10-15-13-5-16(9)10/h1-3,5H,4H2. The molecule has 16 heavy (non-hydrogen) atoms. The number of rotatable bonds is 1. The van der Waals surface area contributed by atoms with E-state index in [1.807, 2.05) is 0 Å². The Morgan fingerprint density at radius 1 is 1.38 bits per heavy atom. The van der Waals surface area contributed by atoms with Crippen LogP contribution in [0.3, 0.4) is 0 Å². The minimum Gasteiger partial charge on any atom is -0.268 e. The Bertz CT molecular complexity index is 679. The predicted molar refractivity (Wildman–Crippen MR) is 57.8 cm³/mol. The van der Waals surface area contributed by atoms with Crippen LogP contribution < -0.4 is 0 Å². The maximum atomic E-state index is 13.1. The highest BCUT2D eigenvalue weighted by Crippen LogP contribution is 2.19. The first-order chi connectivity index (χ1) is 7.79. The summed E-state index contributed by atoms with van der Waals surface area (Å²) in [6, 6.07) is 4.36. The summed E-state index contributed by atoms with van der Waals surface area (Å²) in [4.78, 5) is 4.32.